The van der Waals surface area contributed by atoms with Gasteiger partial charge in [-0.3, -0.25) is 14.5 Å². The van der Waals surface area contributed by atoms with Gasteiger partial charge in [-0.25, -0.2) is 0 Å². The van der Waals surface area contributed by atoms with E-state index in [0.717, 1.165) is 64.3 Å². The second-order valence-electron chi connectivity index (χ2n) is 17.5. The third kappa shape index (κ3) is 38.7. The highest BCUT2D eigenvalue weighted by atomic mass is 16.5. The summed E-state index contributed by atoms with van der Waals surface area (Å²) in [4.78, 5) is 27.2. The highest BCUT2D eigenvalue weighted by Crippen LogP contribution is 2.24. The lowest BCUT2D eigenvalue weighted by atomic mass is 9.90. The van der Waals surface area contributed by atoms with E-state index in [2.05, 4.69) is 32.6 Å². The number of nitrogens with zero attached hydrogens (tertiary/aromatic N) is 1. The third-order valence-corrected chi connectivity index (χ3v) is 11.8. The third-order valence-electron chi connectivity index (χ3n) is 11.8. The number of hydrogen-bond donors (Lipinski definition) is 3. The fraction of sp³-hybridized carbons (Fsp3) is 0.959. The van der Waals surface area contributed by atoms with Crippen LogP contribution in [0, 0.1) is 11.8 Å². The van der Waals surface area contributed by atoms with E-state index >= 15 is 0 Å². The molecule has 0 bridgehead atoms. The fourth-order valence-electron chi connectivity index (χ4n) is 8.09. The molecule has 4 unspecified atom stereocenters. The average Bonchev–Trinajstić information content (AvgIpc) is 3.19. The predicted octanol–water partition coefficient (Wildman–Crippen LogP) is 12.3. The van der Waals surface area contributed by atoms with E-state index in [1.807, 2.05) is 0 Å². The number of aliphatic hydroxyl groups excluding tert-OH is 3. The molecule has 340 valence electrons. The molecule has 0 radical (unpaired) electrons. The van der Waals surface area contributed by atoms with E-state index in [-0.39, 0.29) is 18.5 Å². The van der Waals surface area contributed by atoms with Crippen LogP contribution in [0.3, 0.4) is 0 Å². The lowest BCUT2D eigenvalue weighted by Gasteiger charge is -2.27. The molecule has 0 aliphatic rings. The van der Waals surface area contributed by atoms with Crippen molar-refractivity contribution in [3.05, 3.63) is 0 Å². The van der Waals surface area contributed by atoms with Gasteiger partial charge < -0.3 is 24.8 Å². The number of rotatable bonds is 45. The van der Waals surface area contributed by atoms with Crippen LogP contribution in [0.2, 0.25) is 0 Å². The minimum Gasteiger partial charge on any atom is -0.466 e. The van der Waals surface area contributed by atoms with Crippen molar-refractivity contribution >= 4 is 11.9 Å². The fourth-order valence-corrected chi connectivity index (χ4v) is 8.09. The van der Waals surface area contributed by atoms with Crippen LogP contribution in [0.4, 0.5) is 0 Å². The standard InChI is InChI=1S/C49H97NO7/c1-5-9-13-15-20-30-44(28-18-11-7-3)34-36-48(54)56-40-26-22-32-46(52)42-50(38-24-17-25-39-51)43-47(53)33-23-27-41-57-49(55)37-35-45(29-19-12-8-4)31-21-16-14-10-6-2/h44-47,51-53H,5-43H2,1-4H3. The summed E-state index contributed by atoms with van der Waals surface area (Å²) < 4.78 is 11.2. The van der Waals surface area contributed by atoms with Crippen molar-refractivity contribution in [3.8, 4) is 0 Å². The Balaban J connectivity index is 4.46. The normalized spacial score (nSPS) is 13.8. The number of carbonyl (C=O) groups excluding carboxylic acids is 2. The van der Waals surface area contributed by atoms with Gasteiger partial charge in [0.25, 0.3) is 0 Å². The lowest BCUT2D eigenvalue weighted by Crippen LogP contribution is -2.38. The smallest absolute Gasteiger partial charge is 0.305 e. The number of aliphatic hydroxyl groups is 3. The highest BCUT2D eigenvalue weighted by Gasteiger charge is 2.17. The second-order valence-corrected chi connectivity index (χ2v) is 17.5. The van der Waals surface area contributed by atoms with Gasteiger partial charge in [0.05, 0.1) is 25.4 Å². The molecule has 0 saturated heterocycles. The molecule has 0 aliphatic carbocycles. The number of esters is 2. The van der Waals surface area contributed by atoms with Crippen LogP contribution in [-0.4, -0.2) is 83.8 Å². The lowest BCUT2D eigenvalue weighted by molar-refractivity contribution is -0.145. The van der Waals surface area contributed by atoms with Crippen molar-refractivity contribution in [2.24, 2.45) is 11.8 Å². The predicted molar refractivity (Wildman–Crippen MR) is 239 cm³/mol. The molecule has 0 spiro atoms. The molecule has 0 rings (SSSR count). The zero-order valence-corrected chi connectivity index (χ0v) is 38.3. The van der Waals surface area contributed by atoms with E-state index in [0.29, 0.717) is 63.8 Å². The summed E-state index contributed by atoms with van der Waals surface area (Å²) in [5, 5.41) is 31.0. The van der Waals surface area contributed by atoms with Gasteiger partial charge in [0.2, 0.25) is 0 Å². The quantitative estimate of drug-likeness (QED) is 0.0411. The molecule has 8 heteroatoms. The molecule has 0 aromatic rings. The molecule has 0 fully saturated rings. The first-order valence-electron chi connectivity index (χ1n) is 24.8. The number of carbonyl (C=O) groups is 2. The Morgan fingerprint density at radius 3 is 1.19 bits per heavy atom. The molecular weight excluding hydrogens is 715 g/mol. The number of unbranched alkanes of at least 4 members (excludes halogenated alkanes) is 16. The SMILES string of the molecule is CCCCCCCC(CCCCC)CCC(=O)OCCCCC(O)CN(CCCCCO)CC(O)CCCCOC(=O)CCC(CCCCC)CCCCCCC. The largest absolute Gasteiger partial charge is 0.466 e. The van der Waals surface area contributed by atoms with E-state index < -0.39 is 12.2 Å². The van der Waals surface area contributed by atoms with Crippen LogP contribution in [-0.2, 0) is 19.1 Å². The van der Waals surface area contributed by atoms with E-state index in [4.69, 9.17) is 9.47 Å². The monoisotopic (exact) mass is 812 g/mol. The number of ether oxygens (including phenoxy) is 2. The van der Waals surface area contributed by atoms with Gasteiger partial charge in [-0.15, -0.1) is 0 Å². The zero-order chi connectivity index (χ0) is 42.0. The Bertz CT molecular complexity index is 796. The molecule has 57 heavy (non-hydrogen) atoms. The Morgan fingerprint density at radius 1 is 0.439 bits per heavy atom. The topological polar surface area (TPSA) is 117 Å². The molecule has 8 nitrogen and oxygen atoms in total. The van der Waals surface area contributed by atoms with Crippen molar-refractivity contribution in [1.82, 2.24) is 4.90 Å². The van der Waals surface area contributed by atoms with Gasteiger partial charge in [-0.2, -0.15) is 0 Å². The van der Waals surface area contributed by atoms with Crippen LogP contribution >= 0.6 is 0 Å². The van der Waals surface area contributed by atoms with Gasteiger partial charge in [0.1, 0.15) is 0 Å². The van der Waals surface area contributed by atoms with Gasteiger partial charge in [0.15, 0.2) is 0 Å². The zero-order valence-electron chi connectivity index (χ0n) is 38.3. The van der Waals surface area contributed by atoms with E-state index in [1.165, 1.54) is 128 Å². The van der Waals surface area contributed by atoms with Gasteiger partial charge >= 0.3 is 11.9 Å². The molecule has 0 heterocycles. The van der Waals surface area contributed by atoms with Crippen LogP contribution < -0.4 is 0 Å². The summed E-state index contributed by atoms with van der Waals surface area (Å²) in [6.07, 6.45) is 34.1. The Kier molecular flexibility index (Phi) is 42.0. The Hall–Kier alpha value is -1.22. The molecular formula is C49H97NO7. The molecule has 3 N–H and O–H groups in total. The summed E-state index contributed by atoms with van der Waals surface area (Å²) in [6, 6.07) is 0. The number of hydrogen-bond acceptors (Lipinski definition) is 8. The first kappa shape index (κ1) is 55.8. The molecule has 4 atom stereocenters. The first-order chi connectivity index (χ1) is 27.8. The molecule has 0 aromatic heterocycles. The van der Waals surface area contributed by atoms with Crippen molar-refractivity contribution in [1.29, 1.82) is 0 Å². The van der Waals surface area contributed by atoms with Crippen molar-refractivity contribution in [2.75, 3.05) is 39.5 Å². The minimum atomic E-state index is -0.515. The minimum absolute atomic E-state index is 0.0895. The summed E-state index contributed by atoms with van der Waals surface area (Å²) in [6.45, 7) is 11.7. The van der Waals surface area contributed by atoms with Crippen molar-refractivity contribution < 1.29 is 34.4 Å². The van der Waals surface area contributed by atoms with Crippen molar-refractivity contribution in [3.63, 3.8) is 0 Å². The van der Waals surface area contributed by atoms with Crippen LogP contribution in [0.25, 0.3) is 0 Å². The second kappa shape index (κ2) is 42.9. The first-order valence-corrected chi connectivity index (χ1v) is 24.8. The summed E-state index contributed by atoms with van der Waals surface area (Å²) in [7, 11) is 0. The van der Waals surface area contributed by atoms with E-state index in [9.17, 15) is 24.9 Å². The average molecular weight is 812 g/mol. The highest BCUT2D eigenvalue weighted by molar-refractivity contribution is 5.69. The van der Waals surface area contributed by atoms with Gasteiger partial charge in [-0.05, 0) is 89.0 Å². The van der Waals surface area contributed by atoms with E-state index in [1.54, 1.807) is 0 Å². The van der Waals surface area contributed by atoms with Crippen LogP contribution in [0.15, 0.2) is 0 Å². The molecule has 0 aliphatic heterocycles. The van der Waals surface area contributed by atoms with Gasteiger partial charge in [0, 0.05) is 32.5 Å². The van der Waals surface area contributed by atoms with Crippen molar-refractivity contribution in [2.45, 2.75) is 252 Å². The maximum absolute atomic E-state index is 12.5. The maximum Gasteiger partial charge on any atom is 0.305 e. The Morgan fingerprint density at radius 2 is 0.789 bits per heavy atom. The van der Waals surface area contributed by atoms with Crippen LogP contribution in [0.5, 0.6) is 0 Å². The van der Waals surface area contributed by atoms with Gasteiger partial charge in [-0.1, -0.05) is 156 Å². The summed E-state index contributed by atoms with van der Waals surface area (Å²) in [5.74, 6) is 1.07. The summed E-state index contributed by atoms with van der Waals surface area (Å²) >= 11 is 0. The Labute approximate surface area is 353 Å². The molecule has 0 amide bonds. The molecule has 0 saturated carbocycles. The maximum atomic E-state index is 12.5. The van der Waals surface area contributed by atoms with Crippen LogP contribution in [0.1, 0.15) is 240 Å². The summed E-state index contributed by atoms with van der Waals surface area (Å²) in [5.41, 5.74) is 0. The molecule has 0 aromatic carbocycles.